The van der Waals surface area contributed by atoms with Crippen LogP contribution in [0, 0.1) is 0 Å². The van der Waals surface area contributed by atoms with Crippen LogP contribution in [-0.4, -0.2) is 4.57 Å². The van der Waals surface area contributed by atoms with E-state index in [1.807, 2.05) is 31.3 Å². The molecule has 1 heterocycles. The molecule has 0 aliphatic rings. The molecule has 0 N–H and O–H groups in total. The molecule has 11 heavy (non-hydrogen) atoms. The molecule has 0 saturated heterocycles. The Morgan fingerprint density at radius 3 is 2.73 bits per heavy atom. The van der Waals surface area contributed by atoms with E-state index in [9.17, 15) is 4.79 Å². The van der Waals surface area contributed by atoms with Crippen molar-refractivity contribution in [3.63, 3.8) is 0 Å². The SMILES string of the molecule is C/C=C/c1ccc(=O)n(C)c1. The van der Waals surface area contributed by atoms with Gasteiger partial charge in [-0.05, 0) is 18.6 Å². The zero-order valence-electron chi connectivity index (χ0n) is 6.74. The lowest BCUT2D eigenvalue weighted by atomic mass is 10.2. The molecule has 0 saturated carbocycles. The molecule has 0 aliphatic heterocycles. The number of pyridine rings is 1. The molecule has 2 heteroatoms. The maximum absolute atomic E-state index is 10.9. The molecular formula is C9H11NO. The first-order chi connectivity index (χ1) is 5.24. The summed E-state index contributed by atoms with van der Waals surface area (Å²) in [4.78, 5) is 10.9. The van der Waals surface area contributed by atoms with E-state index in [2.05, 4.69) is 0 Å². The van der Waals surface area contributed by atoms with Crippen LogP contribution in [0.4, 0.5) is 0 Å². The highest BCUT2D eigenvalue weighted by molar-refractivity contribution is 5.46. The van der Waals surface area contributed by atoms with Gasteiger partial charge in [-0.1, -0.05) is 12.2 Å². The average Bonchev–Trinajstić information content (AvgIpc) is 1.98. The molecule has 0 bridgehead atoms. The first-order valence-corrected chi connectivity index (χ1v) is 3.53. The second-order valence-corrected chi connectivity index (χ2v) is 2.41. The predicted octanol–water partition coefficient (Wildman–Crippen LogP) is 1.42. The predicted molar refractivity (Wildman–Crippen MR) is 46.4 cm³/mol. The van der Waals surface area contributed by atoms with Crippen molar-refractivity contribution in [2.75, 3.05) is 0 Å². The van der Waals surface area contributed by atoms with Crippen molar-refractivity contribution in [3.05, 3.63) is 40.3 Å². The number of hydrogen-bond acceptors (Lipinski definition) is 1. The van der Waals surface area contributed by atoms with Gasteiger partial charge in [0.15, 0.2) is 0 Å². The van der Waals surface area contributed by atoms with Crippen molar-refractivity contribution in [2.45, 2.75) is 6.92 Å². The second kappa shape index (κ2) is 3.19. The Morgan fingerprint density at radius 2 is 2.18 bits per heavy atom. The molecule has 0 spiro atoms. The lowest BCUT2D eigenvalue weighted by Gasteiger charge is -1.96. The van der Waals surface area contributed by atoms with E-state index in [1.54, 1.807) is 17.7 Å². The lowest BCUT2D eigenvalue weighted by Crippen LogP contribution is -2.13. The zero-order chi connectivity index (χ0) is 8.27. The van der Waals surface area contributed by atoms with Gasteiger partial charge >= 0.3 is 0 Å². The Kier molecular flexibility index (Phi) is 2.26. The van der Waals surface area contributed by atoms with Crippen LogP contribution in [0.3, 0.4) is 0 Å². The first kappa shape index (κ1) is 7.79. The summed E-state index contributed by atoms with van der Waals surface area (Å²) in [6.45, 7) is 1.95. The number of aromatic nitrogens is 1. The summed E-state index contributed by atoms with van der Waals surface area (Å²) < 4.78 is 1.56. The van der Waals surface area contributed by atoms with Crippen molar-refractivity contribution >= 4 is 6.08 Å². The van der Waals surface area contributed by atoms with Gasteiger partial charge < -0.3 is 4.57 Å². The molecule has 0 unspecified atom stereocenters. The third-order valence-electron chi connectivity index (χ3n) is 1.47. The van der Waals surface area contributed by atoms with Gasteiger partial charge in [-0.3, -0.25) is 4.79 Å². The number of aryl methyl sites for hydroxylation is 1. The molecule has 0 aliphatic carbocycles. The fraction of sp³-hybridized carbons (Fsp3) is 0.222. The maximum atomic E-state index is 10.9. The Labute approximate surface area is 65.8 Å². The Balaban J connectivity index is 3.15. The molecule has 2 nitrogen and oxygen atoms in total. The average molecular weight is 149 g/mol. The Bertz CT molecular complexity index is 323. The van der Waals surface area contributed by atoms with Gasteiger partial charge in [0.1, 0.15) is 0 Å². The molecule has 1 rings (SSSR count). The fourth-order valence-corrected chi connectivity index (χ4v) is 0.906. The van der Waals surface area contributed by atoms with Gasteiger partial charge in [0.2, 0.25) is 5.56 Å². The first-order valence-electron chi connectivity index (χ1n) is 3.53. The zero-order valence-corrected chi connectivity index (χ0v) is 6.74. The molecule has 1 aromatic rings. The molecule has 0 fully saturated rings. The second-order valence-electron chi connectivity index (χ2n) is 2.41. The standard InChI is InChI=1S/C9H11NO/c1-3-4-8-5-6-9(11)10(2)7-8/h3-7H,1-2H3/b4-3+. The van der Waals surface area contributed by atoms with Crippen LogP contribution in [0.2, 0.25) is 0 Å². The van der Waals surface area contributed by atoms with Crippen molar-refractivity contribution < 1.29 is 0 Å². The van der Waals surface area contributed by atoms with Gasteiger partial charge in [0.25, 0.3) is 0 Å². The molecule has 58 valence electrons. The largest absolute Gasteiger partial charge is 0.318 e. The number of rotatable bonds is 1. The molecular weight excluding hydrogens is 138 g/mol. The highest BCUT2D eigenvalue weighted by Gasteiger charge is 1.88. The Hall–Kier alpha value is -1.31. The van der Waals surface area contributed by atoms with Crippen LogP contribution >= 0.6 is 0 Å². The number of nitrogens with zero attached hydrogens (tertiary/aromatic N) is 1. The molecule has 1 aromatic heterocycles. The summed E-state index contributed by atoms with van der Waals surface area (Å²) in [5.41, 5.74) is 1.08. The molecule has 0 aromatic carbocycles. The minimum atomic E-state index is 0.0262. The molecule has 0 atom stereocenters. The van der Waals surface area contributed by atoms with Crippen LogP contribution in [0.5, 0.6) is 0 Å². The quantitative estimate of drug-likeness (QED) is 0.592. The topological polar surface area (TPSA) is 22.0 Å². The van der Waals surface area contributed by atoms with E-state index in [4.69, 9.17) is 0 Å². The molecule has 0 radical (unpaired) electrons. The van der Waals surface area contributed by atoms with Crippen molar-refractivity contribution in [1.29, 1.82) is 0 Å². The van der Waals surface area contributed by atoms with Crippen molar-refractivity contribution in [2.24, 2.45) is 7.05 Å². The van der Waals surface area contributed by atoms with E-state index in [0.29, 0.717) is 0 Å². The summed E-state index contributed by atoms with van der Waals surface area (Å²) in [6, 6.07) is 3.37. The van der Waals surface area contributed by atoms with E-state index in [1.165, 1.54) is 0 Å². The van der Waals surface area contributed by atoms with Crippen LogP contribution in [0.25, 0.3) is 6.08 Å². The highest BCUT2D eigenvalue weighted by Crippen LogP contribution is 1.96. The van der Waals surface area contributed by atoms with Crippen LogP contribution in [0.1, 0.15) is 12.5 Å². The minimum absolute atomic E-state index is 0.0262. The van der Waals surface area contributed by atoms with E-state index < -0.39 is 0 Å². The van der Waals surface area contributed by atoms with Crippen molar-refractivity contribution in [3.8, 4) is 0 Å². The van der Waals surface area contributed by atoms with Crippen LogP contribution in [0.15, 0.2) is 29.2 Å². The van der Waals surface area contributed by atoms with E-state index >= 15 is 0 Å². The molecule has 0 amide bonds. The number of allylic oxidation sites excluding steroid dienone is 1. The third-order valence-corrected chi connectivity index (χ3v) is 1.47. The summed E-state index contributed by atoms with van der Waals surface area (Å²) >= 11 is 0. The van der Waals surface area contributed by atoms with Gasteiger partial charge in [-0.2, -0.15) is 0 Å². The van der Waals surface area contributed by atoms with Crippen LogP contribution in [-0.2, 0) is 7.05 Å². The van der Waals surface area contributed by atoms with E-state index in [-0.39, 0.29) is 5.56 Å². The van der Waals surface area contributed by atoms with Gasteiger partial charge in [0, 0.05) is 19.3 Å². The van der Waals surface area contributed by atoms with Crippen molar-refractivity contribution in [1.82, 2.24) is 4.57 Å². The van der Waals surface area contributed by atoms with Gasteiger partial charge in [-0.25, -0.2) is 0 Å². The Morgan fingerprint density at radius 1 is 1.45 bits per heavy atom. The summed E-state index contributed by atoms with van der Waals surface area (Å²) in [5, 5.41) is 0. The van der Waals surface area contributed by atoms with Gasteiger partial charge in [-0.15, -0.1) is 0 Å². The highest BCUT2D eigenvalue weighted by atomic mass is 16.1. The van der Waals surface area contributed by atoms with Gasteiger partial charge in [0.05, 0.1) is 0 Å². The number of hydrogen-bond donors (Lipinski definition) is 0. The summed E-state index contributed by atoms with van der Waals surface area (Å²) in [5.74, 6) is 0. The normalized spacial score (nSPS) is 10.7. The monoisotopic (exact) mass is 149 g/mol. The minimum Gasteiger partial charge on any atom is -0.318 e. The smallest absolute Gasteiger partial charge is 0.250 e. The summed E-state index contributed by atoms with van der Waals surface area (Å²) in [7, 11) is 1.75. The summed E-state index contributed by atoms with van der Waals surface area (Å²) in [6.07, 6.45) is 5.71. The maximum Gasteiger partial charge on any atom is 0.250 e. The fourth-order valence-electron chi connectivity index (χ4n) is 0.906. The van der Waals surface area contributed by atoms with Crippen LogP contribution < -0.4 is 5.56 Å². The lowest BCUT2D eigenvalue weighted by molar-refractivity contribution is 0.858. The third kappa shape index (κ3) is 1.80. The van der Waals surface area contributed by atoms with E-state index in [0.717, 1.165) is 5.56 Å².